The number of halogens is 1. The third-order valence-corrected chi connectivity index (χ3v) is 3.23. The molecule has 2 aromatic carbocycles. The third-order valence-electron chi connectivity index (χ3n) is 2.90. The minimum atomic E-state index is -0.239. The standard InChI is InChI=1S/C16H15ClN2O/c1-11-7-9-13(10-8-11)16(20)19-18-12(2)14-5-3-4-6-15(14)17/h3-10H,1-2H3,(H,19,20)/b18-12+. The second-order valence-corrected chi connectivity index (χ2v) is 4.89. The van der Waals surface area contributed by atoms with Crippen molar-refractivity contribution in [1.29, 1.82) is 0 Å². The highest BCUT2D eigenvalue weighted by Crippen LogP contribution is 2.15. The highest BCUT2D eigenvalue weighted by molar-refractivity contribution is 6.34. The van der Waals surface area contributed by atoms with Gasteiger partial charge in [-0.05, 0) is 32.0 Å². The SMILES string of the molecule is C/C(=N\NC(=O)c1ccc(C)cc1)c1ccccc1Cl. The van der Waals surface area contributed by atoms with Gasteiger partial charge in [-0.25, -0.2) is 5.43 Å². The number of nitrogens with one attached hydrogen (secondary N) is 1. The van der Waals surface area contributed by atoms with Crippen LogP contribution in [-0.2, 0) is 0 Å². The number of carbonyl (C=O) groups excluding carboxylic acids is 1. The van der Waals surface area contributed by atoms with Gasteiger partial charge in [-0.1, -0.05) is 47.5 Å². The molecule has 102 valence electrons. The maximum absolute atomic E-state index is 11.9. The zero-order valence-corrected chi connectivity index (χ0v) is 12.1. The summed E-state index contributed by atoms with van der Waals surface area (Å²) in [5.74, 6) is -0.239. The van der Waals surface area contributed by atoms with E-state index < -0.39 is 0 Å². The van der Waals surface area contributed by atoms with Crippen molar-refractivity contribution >= 4 is 23.2 Å². The van der Waals surface area contributed by atoms with E-state index in [0.717, 1.165) is 11.1 Å². The Morgan fingerprint density at radius 2 is 1.75 bits per heavy atom. The molecule has 0 aromatic heterocycles. The lowest BCUT2D eigenvalue weighted by Gasteiger charge is -2.05. The maximum Gasteiger partial charge on any atom is 0.271 e. The van der Waals surface area contributed by atoms with E-state index in [1.165, 1.54) is 0 Å². The van der Waals surface area contributed by atoms with Crippen molar-refractivity contribution in [2.45, 2.75) is 13.8 Å². The van der Waals surface area contributed by atoms with Crippen molar-refractivity contribution in [3.8, 4) is 0 Å². The maximum atomic E-state index is 11.9. The predicted molar refractivity (Wildman–Crippen MR) is 82.3 cm³/mol. The summed E-state index contributed by atoms with van der Waals surface area (Å²) in [4.78, 5) is 11.9. The molecule has 2 rings (SSSR count). The van der Waals surface area contributed by atoms with Crippen molar-refractivity contribution in [1.82, 2.24) is 5.43 Å². The molecule has 1 amide bonds. The number of nitrogens with zero attached hydrogens (tertiary/aromatic N) is 1. The van der Waals surface area contributed by atoms with E-state index in [4.69, 9.17) is 11.6 Å². The van der Waals surface area contributed by atoms with E-state index in [9.17, 15) is 4.79 Å². The van der Waals surface area contributed by atoms with E-state index >= 15 is 0 Å². The van der Waals surface area contributed by atoms with Gasteiger partial charge in [0.25, 0.3) is 5.91 Å². The quantitative estimate of drug-likeness (QED) is 0.677. The Kier molecular flexibility index (Phi) is 4.53. The molecule has 4 heteroatoms. The molecule has 0 spiro atoms. The number of aryl methyl sites for hydroxylation is 1. The lowest BCUT2D eigenvalue weighted by Crippen LogP contribution is -2.19. The smallest absolute Gasteiger partial charge is 0.267 e. The van der Waals surface area contributed by atoms with Crippen LogP contribution in [0.15, 0.2) is 53.6 Å². The molecule has 0 aliphatic heterocycles. The van der Waals surface area contributed by atoms with Crippen LogP contribution < -0.4 is 5.43 Å². The number of benzene rings is 2. The van der Waals surface area contributed by atoms with Crippen LogP contribution in [0.25, 0.3) is 0 Å². The molecular formula is C16H15ClN2O. The number of hydrogen-bond acceptors (Lipinski definition) is 2. The first-order valence-electron chi connectivity index (χ1n) is 6.24. The first-order valence-corrected chi connectivity index (χ1v) is 6.62. The van der Waals surface area contributed by atoms with Crippen molar-refractivity contribution in [3.05, 3.63) is 70.2 Å². The molecule has 0 heterocycles. The molecular weight excluding hydrogens is 272 g/mol. The summed E-state index contributed by atoms with van der Waals surface area (Å²) in [6, 6.07) is 14.7. The van der Waals surface area contributed by atoms with E-state index in [1.807, 2.05) is 37.3 Å². The molecule has 0 saturated carbocycles. The van der Waals surface area contributed by atoms with Crippen LogP contribution in [0.4, 0.5) is 0 Å². The molecule has 0 aliphatic carbocycles. The number of amides is 1. The number of hydrazone groups is 1. The van der Waals surface area contributed by atoms with Gasteiger partial charge in [0.05, 0.1) is 5.71 Å². The normalized spacial score (nSPS) is 11.2. The lowest BCUT2D eigenvalue weighted by molar-refractivity contribution is 0.0955. The first kappa shape index (κ1) is 14.3. The van der Waals surface area contributed by atoms with Gasteiger partial charge in [0.1, 0.15) is 0 Å². The van der Waals surface area contributed by atoms with Crippen LogP contribution >= 0.6 is 11.6 Å². The Balaban J connectivity index is 2.11. The topological polar surface area (TPSA) is 41.5 Å². The molecule has 20 heavy (non-hydrogen) atoms. The van der Waals surface area contributed by atoms with E-state index in [1.54, 1.807) is 25.1 Å². The summed E-state index contributed by atoms with van der Waals surface area (Å²) < 4.78 is 0. The number of hydrogen-bond donors (Lipinski definition) is 1. The molecule has 2 aromatic rings. The summed E-state index contributed by atoms with van der Waals surface area (Å²) in [7, 11) is 0. The third kappa shape index (κ3) is 3.45. The monoisotopic (exact) mass is 286 g/mol. The van der Waals surface area contributed by atoms with Gasteiger partial charge in [0, 0.05) is 16.1 Å². The highest BCUT2D eigenvalue weighted by atomic mass is 35.5. The Bertz CT molecular complexity index is 648. The molecule has 0 aliphatic rings. The molecule has 0 fully saturated rings. The average molecular weight is 287 g/mol. The molecule has 1 N–H and O–H groups in total. The van der Waals surface area contributed by atoms with Crippen LogP contribution in [0.2, 0.25) is 5.02 Å². The minimum absolute atomic E-state index is 0.239. The molecule has 0 unspecified atom stereocenters. The fourth-order valence-electron chi connectivity index (χ4n) is 1.72. The molecule has 3 nitrogen and oxygen atoms in total. The lowest BCUT2D eigenvalue weighted by atomic mass is 10.1. The summed E-state index contributed by atoms with van der Waals surface area (Å²) >= 11 is 6.08. The minimum Gasteiger partial charge on any atom is -0.267 e. The first-order chi connectivity index (χ1) is 9.58. The van der Waals surface area contributed by atoms with Gasteiger partial charge in [-0.2, -0.15) is 5.10 Å². The Morgan fingerprint density at radius 3 is 2.40 bits per heavy atom. The largest absolute Gasteiger partial charge is 0.271 e. The zero-order chi connectivity index (χ0) is 14.5. The van der Waals surface area contributed by atoms with E-state index in [2.05, 4.69) is 10.5 Å². The molecule has 0 atom stereocenters. The van der Waals surface area contributed by atoms with Crippen molar-refractivity contribution in [2.24, 2.45) is 5.10 Å². The van der Waals surface area contributed by atoms with E-state index in [-0.39, 0.29) is 5.91 Å². The summed E-state index contributed by atoms with van der Waals surface area (Å²) in [6.07, 6.45) is 0. The zero-order valence-electron chi connectivity index (χ0n) is 11.4. The number of rotatable bonds is 3. The van der Waals surface area contributed by atoms with Gasteiger partial charge in [-0.15, -0.1) is 0 Å². The van der Waals surface area contributed by atoms with Crippen LogP contribution in [0, 0.1) is 6.92 Å². The second kappa shape index (κ2) is 6.35. The van der Waals surface area contributed by atoms with Gasteiger partial charge in [-0.3, -0.25) is 4.79 Å². The molecule has 0 saturated heterocycles. The van der Waals surface area contributed by atoms with Crippen LogP contribution in [0.5, 0.6) is 0 Å². The Morgan fingerprint density at radius 1 is 1.10 bits per heavy atom. The Hall–Kier alpha value is -2.13. The molecule has 0 bridgehead atoms. The summed E-state index contributed by atoms with van der Waals surface area (Å²) in [6.45, 7) is 3.78. The van der Waals surface area contributed by atoms with Crippen molar-refractivity contribution in [3.63, 3.8) is 0 Å². The van der Waals surface area contributed by atoms with Crippen LogP contribution in [0.3, 0.4) is 0 Å². The van der Waals surface area contributed by atoms with Crippen LogP contribution in [-0.4, -0.2) is 11.6 Å². The van der Waals surface area contributed by atoms with E-state index in [0.29, 0.717) is 16.3 Å². The Labute approximate surface area is 123 Å². The van der Waals surface area contributed by atoms with Gasteiger partial charge in [0.2, 0.25) is 0 Å². The van der Waals surface area contributed by atoms with Gasteiger partial charge < -0.3 is 0 Å². The number of carbonyl (C=O) groups is 1. The predicted octanol–water partition coefficient (Wildman–Crippen LogP) is 3.80. The average Bonchev–Trinajstić information content (AvgIpc) is 2.45. The van der Waals surface area contributed by atoms with Crippen molar-refractivity contribution in [2.75, 3.05) is 0 Å². The fraction of sp³-hybridized carbons (Fsp3) is 0.125. The second-order valence-electron chi connectivity index (χ2n) is 4.48. The van der Waals surface area contributed by atoms with Gasteiger partial charge in [0.15, 0.2) is 0 Å². The van der Waals surface area contributed by atoms with Crippen LogP contribution in [0.1, 0.15) is 28.4 Å². The summed E-state index contributed by atoms with van der Waals surface area (Å²) in [5, 5.41) is 4.70. The summed E-state index contributed by atoms with van der Waals surface area (Å²) in [5.41, 5.74) is 5.69. The highest BCUT2D eigenvalue weighted by Gasteiger charge is 2.06. The van der Waals surface area contributed by atoms with Gasteiger partial charge >= 0.3 is 0 Å². The van der Waals surface area contributed by atoms with Crippen molar-refractivity contribution < 1.29 is 4.79 Å². The fourth-order valence-corrected chi connectivity index (χ4v) is 1.99. The molecule has 0 radical (unpaired) electrons.